The number of esters is 1. The van der Waals surface area contributed by atoms with E-state index in [1.165, 1.54) is 0 Å². The van der Waals surface area contributed by atoms with E-state index in [0.717, 1.165) is 6.92 Å². The first-order valence-electron chi connectivity index (χ1n) is 6.23. The molecule has 0 aliphatic rings. The lowest BCUT2D eigenvalue weighted by molar-refractivity contribution is -0.132. The molecule has 1 aromatic heterocycles. The summed E-state index contributed by atoms with van der Waals surface area (Å²) in [6.45, 7) is 0.944. The topological polar surface area (TPSA) is 141 Å². The van der Waals surface area contributed by atoms with Crippen molar-refractivity contribution in [1.29, 1.82) is 0 Å². The predicted octanol–water partition coefficient (Wildman–Crippen LogP) is 0.225. The molecule has 1 heterocycles. The van der Waals surface area contributed by atoms with Gasteiger partial charge >= 0.3 is 11.7 Å². The molecule has 0 fully saturated rings. The summed E-state index contributed by atoms with van der Waals surface area (Å²) in [6, 6.07) is 1.27. The monoisotopic (exact) mass is 341 g/mol. The molecule has 1 amide bonds. The highest BCUT2D eigenvalue weighted by Crippen LogP contribution is 2.26. The van der Waals surface area contributed by atoms with Gasteiger partial charge in [0.05, 0.1) is 0 Å². The second kappa shape index (κ2) is 6.32. The highest BCUT2D eigenvalue weighted by atomic mass is 19.1. The van der Waals surface area contributed by atoms with Gasteiger partial charge in [0.15, 0.2) is 17.2 Å². The van der Waals surface area contributed by atoms with E-state index in [4.69, 9.17) is 0 Å². The second-order valence-corrected chi connectivity index (χ2v) is 4.45. The van der Waals surface area contributed by atoms with Crippen molar-refractivity contribution in [3.8, 4) is 11.6 Å². The molecule has 11 heteroatoms. The molecule has 24 heavy (non-hydrogen) atoms. The quantitative estimate of drug-likeness (QED) is 0.465. The Hall–Kier alpha value is -3.50. The van der Waals surface area contributed by atoms with E-state index in [1.54, 1.807) is 9.97 Å². The number of ether oxygens (including phenoxy) is 1. The van der Waals surface area contributed by atoms with Gasteiger partial charge in [-0.05, 0) is 0 Å². The Morgan fingerprint density at radius 3 is 2.25 bits per heavy atom. The number of benzene rings is 1. The van der Waals surface area contributed by atoms with Crippen LogP contribution in [0.5, 0.6) is 11.6 Å². The highest BCUT2D eigenvalue weighted by molar-refractivity contribution is 6.05. The fourth-order valence-electron chi connectivity index (χ4n) is 1.75. The largest absolute Gasteiger partial charge is 0.494 e. The Bertz CT molecular complexity index is 926. The number of aromatic nitrogens is 2. The van der Waals surface area contributed by atoms with Crippen LogP contribution in [-0.4, -0.2) is 27.0 Å². The molecule has 0 spiro atoms. The van der Waals surface area contributed by atoms with Crippen LogP contribution < -0.4 is 21.3 Å². The third-order valence-corrected chi connectivity index (χ3v) is 2.65. The normalized spacial score (nSPS) is 10.3. The summed E-state index contributed by atoms with van der Waals surface area (Å²) >= 11 is 0. The standard InChI is InChI=1S/C13H9F2N3O6/c1-4(19)24-9-6(14)2-5(3-7(9)15)16-10(20)8-11(21)17-13(23)18-12(8)22/h2-3H,1H3,(H,16,20)(H3,17,18,21,22,23). The minimum atomic E-state index is -1.28. The van der Waals surface area contributed by atoms with E-state index in [0.29, 0.717) is 12.1 Å². The zero-order chi connectivity index (χ0) is 18.0. The molecule has 0 aliphatic heterocycles. The fourth-order valence-corrected chi connectivity index (χ4v) is 1.75. The van der Waals surface area contributed by atoms with Crippen molar-refractivity contribution in [3.05, 3.63) is 50.2 Å². The Morgan fingerprint density at radius 2 is 1.75 bits per heavy atom. The molecule has 126 valence electrons. The van der Waals surface area contributed by atoms with Crippen LogP contribution in [0.25, 0.3) is 0 Å². The number of halogens is 2. The molecule has 9 nitrogen and oxygen atoms in total. The number of hydrogen-bond donors (Lipinski definition) is 4. The maximum absolute atomic E-state index is 13.7. The van der Waals surface area contributed by atoms with Crippen molar-refractivity contribution in [2.24, 2.45) is 0 Å². The van der Waals surface area contributed by atoms with E-state index >= 15 is 0 Å². The fraction of sp³-hybridized carbons (Fsp3) is 0.0769. The molecule has 0 bridgehead atoms. The first kappa shape index (κ1) is 16.9. The smallest absolute Gasteiger partial charge is 0.328 e. The highest BCUT2D eigenvalue weighted by Gasteiger charge is 2.20. The first-order valence-corrected chi connectivity index (χ1v) is 6.23. The van der Waals surface area contributed by atoms with Gasteiger partial charge in [-0.1, -0.05) is 0 Å². The van der Waals surface area contributed by atoms with Gasteiger partial charge in [-0.3, -0.25) is 24.4 Å². The molecule has 0 aliphatic carbocycles. The van der Waals surface area contributed by atoms with Crippen LogP contribution in [0.4, 0.5) is 14.5 Å². The summed E-state index contributed by atoms with van der Waals surface area (Å²) < 4.78 is 31.7. The van der Waals surface area contributed by atoms with Crippen molar-refractivity contribution in [2.75, 3.05) is 5.32 Å². The van der Waals surface area contributed by atoms with Gasteiger partial charge in [-0.25, -0.2) is 13.6 Å². The second-order valence-electron chi connectivity index (χ2n) is 4.45. The van der Waals surface area contributed by atoms with Gasteiger partial charge in [0.25, 0.3) is 11.5 Å². The zero-order valence-corrected chi connectivity index (χ0v) is 11.9. The Kier molecular flexibility index (Phi) is 4.44. The molecule has 4 N–H and O–H groups in total. The number of rotatable bonds is 3. The number of aromatic hydroxyl groups is 1. The predicted molar refractivity (Wildman–Crippen MR) is 75.0 cm³/mol. The van der Waals surface area contributed by atoms with Gasteiger partial charge in [0.1, 0.15) is 0 Å². The molecule has 0 atom stereocenters. The number of H-pyrrole nitrogens is 2. The van der Waals surface area contributed by atoms with Crippen LogP contribution in [0.2, 0.25) is 0 Å². The first-order chi connectivity index (χ1) is 11.2. The lowest BCUT2D eigenvalue weighted by Crippen LogP contribution is -2.30. The third kappa shape index (κ3) is 3.45. The number of carbonyl (C=O) groups excluding carboxylic acids is 2. The average molecular weight is 341 g/mol. The number of hydrogen-bond acceptors (Lipinski definition) is 6. The zero-order valence-electron chi connectivity index (χ0n) is 11.9. The van der Waals surface area contributed by atoms with Crippen molar-refractivity contribution >= 4 is 17.6 Å². The summed E-state index contributed by atoms with van der Waals surface area (Å²) in [5, 5.41) is 11.4. The van der Waals surface area contributed by atoms with Crippen molar-refractivity contribution in [2.45, 2.75) is 6.92 Å². The number of aromatic amines is 2. The molecular formula is C13H9F2N3O6. The van der Waals surface area contributed by atoms with Gasteiger partial charge < -0.3 is 15.2 Å². The van der Waals surface area contributed by atoms with E-state index in [-0.39, 0.29) is 0 Å². The molecule has 2 rings (SSSR count). The van der Waals surface area contributed by atoms with Crippen molar-refractivity contribution in [3.63, 3.8) is 0 Å². The van der Waals surface area contributed by atoms with Crippen LogP contribution in [-0.2, 0) is 4.79 Å². The maximum atomic E-state index is 13.7. The van der Waals surface area contributed by atoms with Crippen LogP contribution in [0.3, 0.4) is 0 Å². The van der Waals surface area contributed by atoms with Crippen LogP contribution in [0.15, 0.2) is 21.7 Å². The van der Waals surface area contributed by atoms with Crippen LogP contribution >= 0.6 is 0 Å². The van der Waals surface area contributed by atoms with Gasteiger partial charge in [-0.15, -0.1) is 0 Å². The molecular weight excluding hydrogens is 332 g/mol. The van der Waals surface area contributed by atoms with E-state index in [2.05, 4.69) is 4.74 Å². The molecule has 2 aromatic rings. The number of anilines is 1. The molecule has 0 saturated carbocycles. The Morgan fingerprint density at radius 1 is 1.17 bits per heavy atom. The van der Waals surface area contributed by atoms with E-state index < -0.39 is 57.6 Å². The van der Waals surface area contributed by atoms with E-state index in [9.17, 15) is 33.1 Å². The summed E-state index contributed by atoms with van der Waals surface area (Å²) in [7, 11) is 0. The number of carbonyl (C=O) groups is 2. The third-order valence-electron chi connectivity index (χ3n) is 2.65. The molecule has 0 unspecified atom stereocenters. The summed E-state index contributed by atoms with van der Waals surface area (Å²) in [6.07, 6.45) is 0. The SMILES string of the molecule is CC(=O)Oc1c(F)cc(NC(=O)c2c(O)[nH]c(=O)[nH]c2=O)cc1F. The molecule has 1 aromatic carbocycles. The lowest BCUT2D eigenvalue weighted by atomic mass is 10.2. The summed E-state index contributed by atoms with van der Waals surface area (Å²) in [4.78, 5) is 48.6. The van der Waals surface area contributed by atoms with Crippen LogP contribution in [0, 0.1) is 11.6 Å². The van der Waals surface area contributed by atoms with Crippen LogP contribution in [0.1, 0.15) is 17.3 Å². The van der Waals surface area contributed by atoms with Crippen molar-refractivity contribution < 1.29 is 28.2 Å². The minimum absolute atomic E-state index is 0.420. The van der Waals surface area contributed by atoms with Gasteiger partial charge in [0.2, 0.25) is 11.6 Å². The molecule has 0 saturated heterocycles. The summed E-state index contributed by atoms with van der Waals surface area (Å²) in [5.41, 5.74) is -3.53. The van der Waals surface area contributed by atoms with Gasteiger partial charge in [-0.2, -0.15) is 0 Å². The number of nitrogens with one attached hydrogen (secondary N) is 3. The Labute approximate surface area is 130 Å². The summed E-state index contributed by atoms with van der Waals surface area (Å²) in [5.74, 6) is -6.71. The van der Waals surface area contributed by atoms with Gasteiger partial charge in [0, 0.05) is 24.7 Å². The number of amides is 1. The lowest BCUT2D eigenvalue weighted by Gasteiger charge is -2.09. The van der Waals surface area contributed by atoms with E-state index in [1.807, 2.05) is 5.32 Å². The average Bonchev–Trinajstić information content (AvgIpc) is 2.41. The molecule has 0 radical (unpaired) electrons. The van der Waals surface area contributed by atoms with Crippen molar-refractivity contribution in [1.82, 2.24) is 9.97 Å². The Balaban J connectivity index is 2.35. The maximum Gasteiger partial charge on any atom is 0.328 e. The minimum Gasteiger partial charge on any atom is -0.494 e.